The van der Waals surface area contributed by atoms with Crippen LogP contribution in [0.5, 0.6) is 0 Å². The van der Waals surface area contributed by atoms with Gasteiger partial charge in [-0.2, -0.15) is 0 Å². The van der Waals surface area contributed by atoms with Crippen LogP contribution >= 0.6 is 0 Å². The first-order valence-electron chi connectivity index (χ1n) is 7.34. The highest BCUT2D eigenvalue weighted by Gasteiger charge is 2.43. The number of amides is 2. The lowest BCUT2D eigenvalue weighted by Gasteiger charge is -2.33. The van der Waals surface area contributed by atoms with E-state index >= 15 is 0 Å². The van der Waals surface area contributed by atoms with Crippen LogP contribution in [-0.2, 0) is 14.3 Å². The minimum absolute atomic E-state index is 0.00979. The number of ether oxygens (including phenoxy) is 1. The topological polar surface area (TPSA) is 58.6 Å². The molecule has 1 saturated carbocycles. The quantitative estimate of drug-likeness (QED) is 0.805. The molecule has 0 aromatic carbocycles. The molecule has 2 heterocycles. The van der Waals surface area contributed by atoms with E-state index < -0.39 is 6.04 Å². The molecule has 0 radical (unpaired) electrons. The molecule has 0 aromatic heterocycles. The Hall–Kier alpha value is -1.10. The van der Waals surface area contributed by atoms with Gasteiger partial charge in [-0.3, -0.25) is 9.59 Å². The van der Waals surface area contributed by atoms with E-state index in [4.69, 9.17) is 4.74 Å². The lowest BCUT2D eigenvalue weighted by Crippen LogP contribution is -2.58. The van der Waals surface area contributed by atoms with Gasteiger partial charge in [-0.1, -0.05) is 12.8 Å². The van der Waals surface area contributed by atoms with Gasteiger partial charge >= 0.3 is 0 Å². The summed E-state index contributed by atoms with van der Waals surface area (Å²) in [5.74, 6) is -0.0590. The molecule has 2 saturated heterocycles. The number of carbonyl (C=O) groups is 2. The molecule has 3 fully saturated rings. The van der Waals surface area contributed by atoms with E-state index in [-0.39, 0.29) is 30.1 Å². The summed E-state index contributed by atoms with van der Waals surface area (Å²) in [4.78, 5) is 25.2. The lowest BCUT2D eigenvalue weighted by molar-refractivity contribution is -0.146. The second kappa shape index (κ2) is 4.78. The van der Waals surface area contributed by atoms with Crippen LogP contribution in [0.15, 0.2) is 0 Å². The van der Waals surface area contributed by atoms with E-state index in [1.54, 1.807) is 11.8 Å². The van der Waals surface area contributed by atoms with E-state index in [2.05, 4.69) is 5.32 Å². The van der Waals surface area contributed by atoms with Gasteiger partial charge in [-0.05, 0) is 32.6 Å². The van der Waals surface area contributed by atoms with Crippen molar-refractivity contribution in [3.8, 4) is 0 Å². The van der Waals surface area contributed by atoms with Crippen LogP contribution in [-0.4, -0.2) is 47.6 Å². The minimum atomic E-state index is -0.400. The molecule has 1 aliphatic carbocycles. The molecule has 1 N–H and O–H groups in total. The first-order valence-corrected chi connectivity index (χ1v) is 7.34. The lowest BCUT2D eigenvalue weighted by atomic mass is 9.98. The third kappa shape index (κ3) is 2.48. The fraction of sp³-hybridized carbons (Fsp3) is 0.857. The standard InChI is InChI=1S/C14H22N2O3/c1-10-13(18)16(9-12(17)15-10)8-11-4-7-14(19-11)5-2-3-6-14/h10-11H,2-9H2,1H3,(H,15,17). The highest BCUT2D eigenvalue weighted by atomic mass is 16.5. The summed E-state index contributed by atoms with van der Waals surface area (Å²) < 4.78 is 6.21. The predicted octanol–water partition coefficient (Wildman–Crippen LogP) is 0.825. The third-order valence-electron chi connectivity index (χ3n) is 4.67. The van der Waals surface area contributed by atoms with Crippen molar-refractivity contribution in [3.05, 3.63) is 0 Å². The summed E-state index contributed by atoms with van der Waals surface area (Å²) >= 11 is 0. The van der Waals surface area contributed by atoms with Crippen LogP contribution in [0.25, 0.3) is 0 Å². The Kier molecular flexibility index (Phi) is 3.25. The van der Waals surface area contributed by atoms with E-state index in [1.807, 2.05) is 0 Å². The Morgan fingerprint density at radius 3 is 2.79 bits per heavy atom. The molecule has 0 bridgehead atoms. The Balaban J connectivity index is 1.59. The molecule has 0 aromatic rings. The van der Waals surface area contributed by atoms with Gasteiger partial charge in [0.05, 0.1) is 18.2 Å². The average molecular weight is 266 g/mol. The first kappa shape index (κ1) is 12.9. The Morgan fingerprint density at radius 1 is 1.32 bits per heavy atom. The molecule has 5 heteroatoms. The molecule has 2 unspecified atom stereocenters. The molecule has 2 amide bonds. The van der Waals surface area contributed by atoms with Crippen LogP contribution < -0.4 is 5.32 Å². The summed E-state index contributed by atoms with van der Waals surface area (Å²) in [7, 11) is 0. The monoisotopic (exact) mass is 266 g/mol. The van der Waals surface area contributed by atoms with Gasteiger partial charge < -0.3 is 15.0 Å². The van der Waals surface area contributed by atoms with Crippen LogP contribution in [0, 0.1) is 0 Å². The highest BCUT2D eigenvalue weighted by molar-refractivity contribution is 5.94. The van der Waals surface area contributed by atoms with Crippen molar-refractivity contribution >= 4 is 11.8 Å². The fourth-order valence-corrected chi connectivity index (χ4v) is 3.69. The van der Waals surface area contributed by atoms with Crippen LogP contribution in [0.1, 0.15) is 45.4 Å². The SMILES string of the molecule is CC1NC(=O)CN(CC2CCC3(CCCC3)O2)C1=O. The zero-order valence-corrected chi connectivity index (χ0v) is 11.5. The van der Waals surface area contributed by atoms with Crippen LogP contribution in [0.2, 0.25) is 0 Å². The summed E-state index contributed by atoms with van der Waals surface area (Å²) in [6.45, 7) is 2.48. The van der Waals surface area contributed by atoms with E-state index in [9.17, 15) is 9.59 Å². The molecular formula is C14H22N2O3. The molecule has 3 rings (SSSR count). The number of nitrogens with zero attached hydrogens (tertiary/aromatic N) is 1. The Labute approximate surface area is 113 Å². The number of hydrogen-bond acceptors (Lipinski definition) is 3. The van der Waals surface area contributed by atoms with Crippen molar-refractivity contribution in [1.82, 2.24) is 10.2 Å². The zero-order chi connectivity index (χ0) is 13.5. The molecule has 19 heavy (non-hydrogen) atoms. The van der Waals surface area contributed by atoms with E-state index in [0.29, 0.717) is 6.54 Å². The molecule has 1 spiro atoms. The normalized spacial score (nSPS) is 34.1. The van der Waals surface area contributed by atoms with Crippen molar-refractivity contribution in [2.75, 3.05) is 13.1 Å². The maximum absolute atomic E-state index is 12.0. The van der Waals surface area contributed by atoms with E-state index in [0.717, 1.165) is 25.7 Å². The van der Waals surface area contributed by atoms with E-state index in [1.165, 1.54) is 12.8 Å². The molecule has 2 aliphatic heterocycles. The third-order valence-corrected chi connectivity index (χ3v) is 4.67. The largest absolute Gasteiger partial charge is 0.370 e. The van der Waals surface area contributed by atoms with Crippen LogP contribution in [0.4, 0.5) is 0 Å². The first-order chi connectivity index (χ1) is 9.08. The van der Waals surface area contributed by atoms with Crippen molar-refractivity contribution in [2.24, 2.45) is 0 Å². The molecule has 106 valence electrons. The Bertz CT molecular complexity index is 390. The summed E-state index contributed by atoms with van der Waals surface area (Å²) in [6.07, 6.45) is 7.08. The Morgan fingerprint density at radius 2 is 2.05 bits per heavy atom. The molecular weight excluding hydrogens is 244 g/mol. The van der Waals surface area contributed by atoms with Crippen molar-refractivity contribution in [1.29, 1.82) is 0 Å². The van der Waals surface area contributed by atoms with Crippen LogP contribution in [0.3, 0.4) is 0 Å². The van der Waals surface area contributed by atoms with Crippen molar-refractivity contribution in [3.63, 3.8) is 0 Å². The van der Waals surface area contributed by atoms with Crippen molar-refractivity contribution in [2.45, 2.75) is 63.2 Å². The average Bonchev–Trinajstić information content (AvgIpc) is 2.97. The van der Waals surface area contributed by atoms with Gasteiger partial charge in [0.1, 0.15) is 6.04 Å². The second-order valence-corrected chi connectivity index (χ2v) is 6.18. The van der Waals surface area contributed by atoms with Gasteiger partial charge in [0, 0.05) is 6.54 Å². The summed E-state index contributed by atoms with van der Waals surface area (Å²) in [5.41, 5.74) is 0.0946. The molecule has 3 aliphatic rings. The fourth-order valence-electron chi connectivity index (χ4n) is 3.69. The van der Waals surface area contributed by atoms with Gasteiger partial charge in [-0.15, -0.1) is 0 Å². The van der Waals surface area contributed by atoms with Gasteiger partial charge in [0.2, 0.25) is 11.8 Å². The number of rotatable bonds is 2. The number of carbonyl (C=O) groups excluding carboxylic acids is 2. The highest BCUT2D eigenvalue weighted by Crippen LogP contribution is 2.43. The number of piperazine rings is 1. The maximum atomic E-state index is 12.0. The van der Waals surface area contributed by atoms with Gasteiger partial charge in [0.15, 0.2) is 0 Å². The van der Waals surface area contributed by atoms with Gasteiger partial charge in [-0.25, -0.2) is 0 Å². The molecule has 2 atom stereocenters. The smallest absolute Gasteiger partial charge is 0.245 e. The summed E-state index contributed by atoms with van der Waals surface area (Å²) in [6, 6.07) is -0.400. The van der Waals surface area contributed by atoms with Crippen molar-refractivity contribution < 1.29 is 14.3 Å². The zero-order valence-electron chi connectivity index (χ0n) is 11.5. The minimum Gasteiger partial charge on any atom is -0.370 e. The summed E-state index contributed by atoms with van der Waals surface area (Å²) in [5, 5.41) is 2.66. The number of hydrogen-bond donors (Lipinski definition) is 1. The predicted molar refractivity (Wildman–Crippen MR) is 69.5 cm³/mol. The maximum Gasteiger partial charge on any atom is 0.245 e. The number of nitrogens with one attached hydrogen (secondary N) is 1. The molecule has 5 nitrogen and oxygen atoms in total. The van der Waals surface area contributed by atoms with Gasteiger partial charge in [0.25, 0.3) is 0 Å². The second-order valence-electron chi connectivity index (χ2n) is 6.18.